The van der Waals surface area contributed by atoms with Gasteiger partial charge in [-0.05, 0) is 25.0 Å². The van der Waals surface area contributed by atoms with Crippen molar-refractivity contribution in [3.63, 3.8) is 0 Å². The minimum absolute atomic E-state index is 0.0521. The number of rotatable bonds is 2. The normalized spacial score (nSPS) is 21.3. The molecule has 0 bridgehead atoms. The van der Waals surface area contributed by atoms with Crippen molar-refractivity contribution in [3.05, 3.63) is 33.7 Å². The van der Waals surface area contributed by atoms with Crippen molar-refractivity contribution in [2.75, 3.05) is 11.5 Å². The number of carbonyl (C=O) groups excluding carboxylic acids is 1. The van der Waals surface area contributed by atoms with Gasteiger partial charge in [0, 0.05) is 6.04 Å². The first-order valence-corrected chi connectivity index (χ1v) is 8.22. The number of hydrogen-bond acceptors (Lipinski definition) is 4. The highest BCUT2D eigenvalue weighted by Gasteiger charge is 2.34. The molecule has 1 amide bonds. The fourth-order valence-corrected chi connectivity index (χ4v) is 3.87. The van der Waals surface area contributed by atoms with E-state index in [-0.39, 0.29) is 17.2 Å². The number of sulfone groups is 1. The maximum absolute atomic E-state index is 12.5. The van der Waals surface area contributed by atoms with Gasteiger partial charge in [0.2, 0.25) is 0 Å². The van der Waals surface area contributed by atoms with Crippen molar-refractivity contribution in [3.8, 4) is 0 Å². The average Bonchev–Trinajstić information content (AvgIpc) is 2.35. The Morgan fingerprint density at radius 3 is 2.55 bits per heavy atom. The fourth-order valence-electron chi connectivity index (χ4n) is 2.23. The van der Waals surface area contributed by atoms with E-state index in [0.717, 1.165) is 6.07 Å². The molecule has 22 heavy (non-hydrogen) atoms. The highest BCUT2D eigenvalue weighted by Crippen LogP contribution is 2.26. The molecule has 0 aromatic carbocycles. The minimum Gasteiger partial charge on any atom is -0.347 e. The van der Waals surface area contributed by atoms with Gasteiger partial charge in [-0.2, -0.15) is 13.2 Å². The lowest BCUT2D eigenvalue weighted by molar-refractivity contribution is -0.138. The molecule has 10 heteroatoms. The summed E-state index contributed by atoms with van der Waals surface area (Å²) in [6, 6.07) is 0.749. The lowest BCUT2D eigenvalue weighted by Crippen LogP contribution is -2.43. The van der Waals surface area contributed by atoms with Crippen LogP contribution in [0.2, 0.25) is 0 Å². The van der Waals surface area contributed by atoms with E-state index in [1.165, 1.54) is 0 Å². The molecule has 0 radical (unpaired) electrons. The molecule has 2 N–H and O–H groups in total. The lowest BCUT2D eigenvalue weighted by atomic mass is 10.1. The van der Waals surface area contributed by atoms with Gasteiger partial charge >= 0.3 is 6.18 Å². The Morgan fingerprint density at radius 2 is 2.00 bits per heavy atom. The van der Waals surface area contributed by atoms with Gasteiger partial charge in [0.25, 0.3) is 11.5 Å². The molecule has 1 aliphatic rings. The van der Waals surface area contributed by atoms with Crippen LogP contribution in [0.15, 0.2) is 16.9 Å². The van der Waals surface area contributed by atoms with Gasteiger partial charge in [0.1, 0.15) is 11.3 Å². The van der Waals surface area contributed by atoms with Crippen LogP contribution in [0, 0.1) is 0 Å². The van der Waals surface area contributed by atoms with Gasteiger partial charge < -0.3 is 10.3 Å². The summed E-state index contributed by atoms with van der Waals surface area (Å²) in [7, 11) is -3.23. The summed E-state index contributed by atoms with van der Waals surface area (Å²) in [6.07, 6.45) is -3.95. The molecule has 1 saturated heterocycles. The minimum atomic E-state index is -4.81. The summed E-state index contributed by atoms with van der Waals surface area (Å²) in [6.45, 7) is 0. The number of aromatic amines is 1. The standard InChI is InChI=1S/C12H13F3N2O4S/c13-12(14,15)8-3-4-9(17-10(8)18)11(19)16-7-2-1-5-22(20,21)6-7/h3-4,7H,1-2,5-6H2,(H,16,19)(H,17,18). The summed E-state index contributed by atoms with van der Waals surface area (Å²) >= 11 is 0. The van der Waals surface area contributed by atoms with Crippen molar-refractivity contribution in [1.29, 1.82) is 0 Å². The third-order valence-electron chi connectivity index (χ3n) is 3.26. The SMILES string of the molecule is O=C(NC1CCCS(=O)(=O)C1)c1ccc(C(F)(F)F)c(=O)[nH]1. The second kappa shape index (κ2) is 5.75. The summed E-state index contributed by atoms with van der Waals surface area (Å²) in [4.78, 5) is 25.1. The van der Waals surface area contributed by atoms with Crippen molar-refractivity contribution >= 4 is 15.7 Å². The molecular formula is C12H13F3N2O4S. The predicted octanol–water partition coefficient (Wildman–Crippen LogP) is 0.701. The smallest absolute Gasteiger partial charge is 0.347 e. The topological polar surface area (TPSA) is 96.1 Å². The number of H-pyrrole nitrogens is 1. The van der Waals surface area contributed by atoms with E-state index in [1.54, 1.807) is 0 Å². The van der Waals surface area contributed by atoms with Crippen molar-refractivity contribution in [2.45, 2.75) is 25.1 Å². The molecule has 6 nitrogen and oxygen atoms in total. The van der Waals surface area contributed by atoms with Crippen LogP contribution >= 0.6 is 0 Å². The zero-order valence-electron chi connectivity index (χ0n) is 11.2. The quantitative estimate of drug-likeness (QED) is 0.830. The number of carbonyl (C=O) groups is 1. The molecule has 122 valence electrons. The van der Waals surface area contributed by atoms with Crippen molar-refractivity contribution < 1.29 is 26.4 Å². The van der Waals surface area contributed by atoms with Crippen LogP contribution in [0.5, 0.6) is 0 Å². The Morgan fingerprint density at radius 1 is 1.32 bits per heavy atom. The molecule has 1 fully saturated rings. The number of nitrogens with one attached hydrogen (secondary N) is 2. The monoisotopic (exact) mass is 338 g/mol. The molecule has 1 aromatic heterocycles. The molecule has 1 atom stereocenters. The van der Waals surface area contributed by atoms with Gasteiger partial charge in [0.05, 0.1) is 11.5 Å². The maximum atomic E-state index is 12.5. The second-order valence-electron chi connectivity index (χ2n) is 5.04. The molecule has 1 aliphatic heterocycles. The summed E-state index contributed by atoms with van der Waals surface area (Å²) < 4.78 is 60.3. The van der Waals surface area contributed by atoms with E-state index in [1.807, 2.05) is 4.98 Å². The van der Waals surface area contributed by atoms with Crippen LogP contribution in [-0.2, 0) is 16.0 Å². The molecule has 2 rings (SSSR count). The largest absolute Gasteiger partial charge is 0.421 e. The van der Waals surface area contributed by atoms with Gasteiger partial charge in [-0.3, -0.25) is 9.59 Å². The summed E-state index contributed by atoms with van der Waals surface area (Å²) in [5.41, 5.74) is -3.17. The highest BCUT2D eigenvalue weighted by molar-refractivity contribution is 7.91. The zero-order chi connectivity index (χ0) is 16.5. The summed E-state index contributed by atoms with van der Waals surface area (Å²) in [5, 5.41) is 2.41. The Kier molecular flexibility index (Phi) is 4.32. The molecule has 0 spiro atoms. The summed E-state index contributed by atoms with van der Waals surface area (Å²) in [5.74, 6) is -0.979. The highest BCUT2D eigenvalue weighted by atomic mass is 32.2. The van der Waals surface area contributed by atoms with Crippen LogP contribution in [0.3, 0.4) is 0 Å². The van der Waals surface area contributed by atoms with Crippen LogP contribution in [0.4, 0.5) is 13.2 Å². The first kappa shape index (κ1) is 16.5. The van der Waals surface area contributed by atoms with Crippen molar-refractivity contribution in [1.82, 2.24) is 10.3 Å². The number of amides is 1. The van der Waals surface area contributed by atoms with Crippen LogP contribution in [0.25, 0.3) is 0 Å². The number of alkyl halides is 3. The molecule has 1 aromatic rings. The molecular weight excluding hydrogens is 325 g/mol. The molecule has 0 aliphatic carbocycles. The molecule has 1 unspecified atom stereocenters. The Hall–Kier alpha value is -1.84. The lowest BCUT2D eigenvalue weighted by Gasteiger charge is -2.22. The van der Waals surface area contributed by atoms with Gasteiger partial charge in [-0.15, -0.1) is 0 Å². The van der Waals surface area contributed by atoms with Crippen LogP contribution in [0.1, 0.15) is 28.9 Å². The van der Waals surface area contributed by atoms with E-state index in [4.69, 9.17) is 0 Å². The number of halogens is 3. The van der Waals surface area contributed by atoms with Gasteiger partial charge in [0.15, 0.2) is 9.84 Å². The fraction of sp³-hybridized carbons (Fsp3) is 0.500. The predicted molar refractivity (Wildman–Crippen MR) is 71.2 cm³/mol. The van der Waals surface area contributed by atoms with Crippen LogP contribution in [-0.4, -0.2) is 36.9 Å². The number of pyridine rings is 1. The average molecular weight is 338 g/mol. The first-order valence-electron chi connectivity index (χ1n) is 6.40. The second-order valence-corrected chi connectivity index (χ2v) is 7.27. The Bertz CT molecular complexity index is 739. The van der Waals surface area contributed by atoms with Crippen LogP contribution < -0.4 is 10.9 Å². The Labute approximate surface area is 123 Å². The Balaban J connectivity index is 2.14. The zero-order valence-corrected chi connectivity index (χ0v) is 12.1. The van der Waals surface area contributed by atoms with E-state index in [0.29, 0.717) is 18.9 Å². The van der Waals surface area contributed by atoms with Gasteiger partial charge in [-0.25, -0.2) is 8.42 Å². The van der Waals surface area contributed by atoms with Crippen molar-refractivity contribution in [2.24, 2.45) is 0 Å². The van der Waals surface area contributed by atoms with E-state index in [9.17, 15) is 31.2 Å². The van der Waals surface area contributed by atoms with E-state index >= 15 is 0 Å². The molecule has 2 heterocycles. The number of hydrogen-bond donors (Lipinski definition) is 2. The molecule has 0 saturated carbocycles. The maximum Gasteiger partial charge on any atom is 0.421 e. The van der Waals surface area contributed by atoms with E-state index in [2.05, 4.69) is 5.32 Å². The van der Waals surface area contributed by atoms with E-state index < -0.39 is 39.1 Å². The first-order chi connectivity index (χ1) is 10.1. The number of aromatic nitrogens is 1. The third kappa shape index (κ3) is 3.87. The van der Waals surface area contributed by atoms with Gasteiger partial charge in [-0.1, -0.05) is 0 Å². The third-order valence-corrected chi connectivity index (χ3v) is 5.08.